The molecule has 0 saturated heterocycles. The first kappa shape index (κ1) is 13.9. The Morgan fingerprint density at radius 3 is 2.75 bits per heavy atom. The van der Waals surface area contributed by atoms with Crippen molar-refractivity contribution in [3.8, 4) is 0 Å². The van der Waals surface area contributed by atoms with Crippen LogP contribution >= 0.6 is 0 Å². The van der Waals surface area contributed by atoms with E-state index in [0.717, 1.165) is 11.4 Å². The van der Waals surface area contributed by atoms with E-state index in [0.29, 0.717) is 17.8 Å². The summed E-state index contributed by atoms with van der Waals surface area (Å²) in [5, 5.41) is 2.58. The number of nitrogen functional groups attached to an aromatic ring is 1. The highest BCUT2D eigenvalue weighted by atomic mass is 16.1. The number of carbonyl (C=O) groups excluding carboxylic acids is 1. The van der Waals surface area contributed by atoms with Gasteiger partial charge in [-0.05, 0) is 30.3 Å². The van der Waals surface area contributed by atoms with E-state index in [9.17, 15) is 4.79 Å². The topological polar surface area (TPSA) is 71.2 Å². The van der Waals surface area contributed by atoms with Gasteiger partial charge < -0.3 is 16.0 Å². The van der Waals surface area contributed by atoms with E-state index in [1.54, 1.807) is 25.4 Å². The Bertz CT molecular complexity index is 598. The molecule has 0 aliphatic heterocycles. The predicted octanol–water partition coefficient (Wildman–Crippen LogP) is 1.66. The van der Waals surface area contributed by atoms with Crippen LogP contribution in [0.25, 0.3) is 0 Å². The maximum atomic E-state index is 11.5. The number of hydrogen-bond acceptors (Lipinski definition) is 4. The molecule has 1 amide bonds. The standard InChI is InChI=1S/C15H18N4O/c1-17-15(20)11-6-7-14(13(16)9-11)19(2)10-12-5-3-4-8-18-12/h3-9H,10,16H2,1-2H3,(H,17,20). The third-order valence-electron chi connectivity index (χ3n) is 3.05. The minimum Gasteiger partial charge on any atom is -0.397 e. The predicted molar refractivity (Wildman–Crippen MR) is 80.6 cm³/mol. The first-order valence-electron chi connectivity index (χ1n) is 6.34. The molecule has 0 aliphatic rings. The van der Waals surface area contributed by atoms with Gasteiger partial charge in [-0.15, -0.1) is 0 Å². The van der Waals surface area contributed by atoms with Crippen LogP contribution in [0.15, 0.2) is 42.6 Å². The van der Waals surface area contributed by atoms with E-state index >= 15 is 0 Å². The summed E-state index contributed by atoms with van der Waals surface area (Å²) < 4.78 is 0. The number of rotatable bonds is 4. The molecule has 0 aliphatic carbocycles. The second-order valence-electron chi connectivity index (χ2n) is 4.53. The van der Waals surface area contributed by atoms with Crippen LogP contribution in [0.2, 0.25) is 0 Å². The van der Waals surface area contributed by atoms with Gasteiger partial charge in [0.2, 0.25) is 0 Å². The molecule has 0 fully saturated rings. The zero-order chi connectivity index (χ0) is 14.5. The fraction of sp³-hybridized carbons (Fsp3) is 0.200. The molecule has 2 aromatic rings. The summed E-state index contributed by atoms with van der Waals surface area (Å²) in [6, 6.07) is 11.1. The van der Waals surface area contributed by atoms with Gasteiger partial charge in [0.25, 0.3) is 5.91 Å². The minimum absolute atomic E-state index is 0.143. The van der Waals surface area contributed by atoms with Gasteiger partial charge in [-0.3, -0.25) is 9.78 Å². The molecule has 104 valence electrons. The number of benzene rings is 1. The normalized spacial score (nSPS) is 10.1. The Morgan fingerprint density at radius 2 is 2.15 bits per heavy atom. The van der Waals surface area contributed by atoms with Crippen LogP contribution in [-0.4, -0.2) is 25.0 Å². The first-order chi connectivity index (χ1) is 9.61. The van der Waals surface area contributed by atoms with Crippen LogP contribution in [0.4, 0.5) is 11.4 Å². The van der Waals surface area contributed by atoms with Gasteiger partial charge in [-0.2, -0.15) is 0 Å². The summed E-state index contributed by atoms with van der Waals surface area (Å²) in [7, 11) is 3.54. The monoisotopic (exact) mass is 270 g/mol. The van der Waals surface area contributed by atoms with Gasteiger partial charge in [-0.25, -0.2) is 0 Å². The van der Waals surface area contributed by atoms with Crippen molar-refractivity contribution in [1.82, 2.24) is 10.3 Å². The molecule has 1 aromatic heterocycles. The van der Waals surface area contributed by atoms with E-state index in [4.69, 9.17) is 5.73 Å². The fourth-order valence-corrected chi connectivity index (χ4v) is 2.01. The van der Waals surface area contributed by atoms with Gasteiger partial charge in [-0.1, -0.05) is 6.07 Å². The molecule has 5 heteroatoms. The molecule has 1 heterocycles. The van der Waals surface area contributed by atoms with Crippen LogP contribution in [0.5, 0.6) is 0 Å². The lowest BCUT2D eigenvalue weighted by atomic mass is 10.1. The average molecular weight is 270 g/mol. The van der Waals surface area contributed by atoms with Crippen LogP contribution < -0.4 is 16.0 Å². The third-order valence-corrected chi connectivity index (χ3v) is 3.05. The Kier molecular flexibility index (Phi) is 4.20. The average Bonchev–Trinajstić information content (AvgIpc) is 2.47. The molecular weight excluding hydrogens is 252 g/mol. The Balaban J connectivity index is 2.18. The van der Waals surface area contributed by atoms with Crippen molar-refractivity contribution in [3.05, 3.63) is 53.9 Å². The molecule has 0 bridgehead atoms. The molecule has 1 aromatic carbocycles. The van der Waals surface area contributed by atoms with Crippen molar-refractivity contribution >= 4 is 17.3 Å². The molecule has 0 spiro atoms. The van der Waals surface area contributed by atoms with Crippen molar-refractivity contribution in [2.24, 2.45) is 0 Å². The highest BCUT2D eigenvalue weighted by Crippen LogP contribution is 2.24. The minimum atomic E-state index is -0.143. The van der Waals surface area contributed by atoms with Gasteiger partial charge in [0, 0.05) is 25.9 Å². The van der Waals surface area contributed by atoms with Gasteiger partial charge in [0.05, 0.1) is 23.6 Å². The third kappa shape index (κ3) is 3.06. The van der Waals surface area contributed by atoms with E-state index in [1.165, 1.54) is 0 Å². The SMILES string of the molecule is CNC(=O)c1ccc(N(C)Cc2ccccn2)c(N)c1. The van der Waals surface area contributed by atoms with Crippen LogP contribution in [-0.2, 0) is 6.54 Å². The molecule has 20 heavy (non-hydrogen) atoms. The van der Waals surface area contributed by atoms with E-state index < -0.39 is 0 Å². The lowest BCUT2D eigenvalue weighted by Gasteiger charge is -2.21. The summed E-state index contributed by atoms with van der Waals surface area (Å²) in [5.74, 6) is -0.143. The van der Waals surface area contributed by atoms with Crippen molar-refractivity contribution in [1.29, 1.82) is 0 Å². The van der Waals surface area contributed by atoms with Crippen LogP contribution in [0.1, 0.15) is 16.1 Å². The molecule has 0 atom stereocenters. The molecule has 5 nitrogen and oxygen atoms in total. The number of nitrogens with one attached hydrogen (secondary N) is 1. The number of hydrogen-bond donors (Lipinski definition) is 2. The number of pyridine rings is 1. The van der Waals surface area contributed by atoms with E-state index in [-0.39, 0.29) is 5.91 Å². The lowest BCUT2D eigenvalue weighted by Crippen LogP contribution is -2.20. The Hall–Kier alpha value is -2.56. The Morgan fingerprint density at radius 1 is 1.35 bits per heavy atom. The largest absolute Gasteiger partial charge is 0.397 e. The van der Waals surface area contributed by atoms with Gasteiger partial charge in [0.1, 0.15) is 0 Å². The second kappa shape index (κ2) is 6.06. The molecule has 3 N–H and O–H groups in total. The number of amides is 1. The first-order valence-corrected chi connectivity index (χ1v) is 6.34. The van der Waals surface area contributed by atoms with Crippen molar-refractivity contribution in [2.75, 3.05) is 24.7 Å². The maximum Gasteiger partial charge on any atom is 0.251 e. The zero-order valence-corrected chi connectivity index (χ0v) is 11.6. The Labute approximate surface area is 118 Å². The smallest absolute Gasteiger partial charge is 0.251 e. The van der Waals surface area contributed by atoms with Gasteiger partial charge in [0.15, 0.2) is 0 Å². The van der Waals surface area contributed by atoms with Crippen LogP contribution in [0.3, 0.4) is 0 Å². The second-order valence-corrected chi connectivity index (χ2v) is 4.53. The number of aromatic nitrogens is 1. The van der Waals surface area contributed by atoms with Crippen LogP contribution in [0, 0.1) is 0 Å². The van der Waals surface area contributed by atoms with Crippen molar-refractivity contribution in [3.63, 3.8) is 0 Å². The molecule has 0 saturated carbocycles. The quantitative estimate of drug-likeness (QED) is 0.829. The highest BCUT2D eigenvalue weighted by Gasteiger charge is 2.10. The van der Waals surface area contributed by atoms with Gasteiger partial charge >= 0.3 is 0 Å². The summed E-state index contributed by atoms with van der Waals surface area (Å²) in [5.41, 5.74) is 9.00. The molecular formula is C15H18N4O. The lowest BCUT2D eigenvalue weighted by molar-refractivity contribution is 0.0963. The highest BCUT2D eigenvalue weighted by molar-refractivity contribution is 5.96. The molecule has 2 rings (SSSR count). The maximum absolute atomic E-state index is 11.5. The van der Waals surface area contributed by atoms with Crippen molar-refractivity contribution < 1.29 is 4.79 Å². The zero-order valence-electron chi connectivity index (χ0n) is 11.6. The van der Waals surface area contributed by atoms with Crippen molar-refractivity contribution in [2.45, 2.75) is 6.54 Å². The number of carbonyl (C=O) groups is 1. The number of nitrogens with two attached hydrogens (primary N) is 1. The molecule has 0 unspecified atom stereocenters. The summed E-state index contributed by atoms with van der Waals surface area (Å²) in [6.07, 6.45) is 1.77. The fourth-order valence-electron chi connectivity index (χ4n) is 2.01. The van der Waals surface area contributed by atoms with E-state index in [1.807, 2.05) is 36.2 Å². The summed E-state index contributed by atoms with van der Waals surface area (Å²) >= 11 is 0. The van der Waals surface area contributed by atoms with E-state index in [2.05, 4.69) is 10.3 Å². The number of anilines is 2. The molecule has 0 radical (unpaired) electrons. The number of nitrogens with zero attached hydrogens (tertiary/aromatic N) is 2. The summed E-state index contributed by atoms with van der Waals surface area (Å²) in [6.45, 7) is 0.657. The summed E-state index contributed by atoms with van der Waals surface area (Å²) in [4.78, 5) is 17.8.